The van der Waals surface area contributed by atoms with Crippen LogP contribution in [0.1, 0.15) is 28.8 Å². The zero-order valence-corrected chi connectivity index (χ0v) is 14.3. The number of hydrogen-bond donors (Lipinski definition) is 1. The van der Waals surface area contributed by atoms with Crippen LogP contribution in [0.5, 0.6) is 0 Å². The lowest BCUT2D eigenvalue weighted by Gasteiger charge is -2.31. The largest absolute Gasteiger partial charge is 0.459 e. The quantitative estimate of drug-likeness (QED) is 0.383. The molecule has 7 heteroatoms. The molecule has 2 aromatic rings. The fourth-order valence-electron chi connectivity index (χ4n) is 3.09. The fraction of sp³-hybridized carbons (Fsp3) is 0.316. The molecule has 1 saturated heterocycles. The van der Waals surface area contributed by atoms with E-state index in [1.165, 1.54) is 23.8 Å². The smallest absolute Gasteiger partial charge is 0.340 e. The second-order valence-electron chi connectivity index (χ2n) is 6.40. The predicted octanol–water partition coefficient (Wildman–Crippen LogP) is 3.00. The van der Waals surface area contributed by atoms with Crippen LogP contribution in [0, 0.1) is 10.1 Å². The number of benzene rings is 2. The van der Waals surface area contributed by atoms with Crippen LogP contribution in [-0.2, 0) is 11.3 Å². The van der Waals surface area contributed by atoms with Crippen molar-refractivity contribution in [1.29, 1.82) is 0 Å². The van der Waals surface area contributed by atoms with Crippen molar-refractivity contribution >= 4 is 17.3 Å². The van der Waals surface area contributed by atoms with Gasteiger partial charge in [0.2, 0.25) is 0 Å². The van der Waals surface area contributed by atoms with E-state index in [4.69, 9.17) is 10.5 Å². The summed E-state index contributed by atoms with van der Waals surface area (Å²) in [5.74, 6) is -0.529. The molecule has 136 valence electrons. The Labute approximate surface area is 151 Å². The molecule has 26 heavy (non-hydrogen) atoms. The van der Waals surface area contributed by atoms with Crippen LogP contribution in [0.2, 0.25) is 0 Å². The summed E-state index contributed by atoms with van der Waals surface area (Å²) >= 11 is 0. The number of carbonyl (C=O) groups is 1. The van der Waals surface area contributed by atoms with Crippen LogP contribution in [0.3, 0.4) is 0 Å². The van der Waals surface area contributed by atoms with Crippen LogP contribution < -0.4 is 5.73 Å². The number of hydrogen-bond acceptors (Lipinski definition) is 6. The highest BCUT2D eigenvalue weighted by atomic mass is 16.6. The molecule has 0 aliphatic carbocycles. The number of rotatable bonds is 5. The Morgan fingerprint density at radius 3 is 2.50 bits per heavy atom. The molecule has 0 radical (unpaired) electrons. The highest BCUT2D eigenvalue weighted by molar-refractivity contribution is 5.95. The number of anilines is 1. The molecule has 7 nitrogen and oxygen atoms in total. The molecule has 2 aromatic carbocycles. The number of nitrogens with zero attached hydrogens (tertiary/aromatic N) is 2. The van der Waals surface area contributed by atoms with Crippen molar-refractivity contribution in [1.82, 2.24) is 4.90 Å². The third kappa shape index (κ3) is 4.37. The Bertz CT molecular complexity index is 787. The molecule has 3 rings (SSSR count). The first kappa shape index (κ1) is 17.9. The predicted molar refractivity (Wildman–Crippen MR) is 97.7 cm³/mol. The molecular weight excluding hydrogens is 334 g/mol. The average molecular weight is 355 g/mol. The maximum atomic E-state index is 12.3. The van der Waals surface area contributed by atoms with Gasteiger partial charge in [-0.3, -0.25) is 15.0 Å². The second-order valence-corrected chi connectivity index (χ2v) is 6.40. The molecule has 1 heterocycles. The van der Waals surface area contributed by atoms with E-state index in [1.807, 2.05) is 18.2 Å². The normalized spacial score (nSPS) is 15.5. The molecule has 0 unspecified atom stereocenters. The molecule has 0 amide bonds. The van der Waals surface area contributed by atoms with Crippen molar-refractivity contribution in [2.45, 2.75) is 25.5 Å². The zero-order valence-electron chi connectivity index (χ0n) is 14.3. The Balaban J connectivity index is 1.53. The summed E-state index contributed by atoms with van der Waals surface area (Å²) in [7, 11) is 0. The molecule has 1 aliphatic heterocycles. The molecule has 0 bridgehead atoms. The molecule has 1 aliphatic rings. The molecule has 0 saturated carbocycles. The molecule has 1 fully saturated rings. The molecule has 0 spiro atoms. The summed E-state index contributed by atoms with van der Waals surface area (Å²) in [4.78, 5) is 24.8. The van der Waals surface area contributed by atoms with Crippen molar-refractivity contribution in [2.24, 2.45) is 0 Å². The van der Waals surface area contributed by atoms with Crippen molar-refractivity contribution in [3.63, 3.8) is 0 Å². The lowest BCUT2D eigenvalue weighted by Crippen LogP contribution is -2.37. The maximum Gasteiger partial charge on any atom is 0.340 e. The number of ether oxygens (including phenoxy) is 1. The van der Waals surface area contributed by atoms with E-state index < -0.39 is 10.9 Å². The first-order chi connectivity index (χ1) is 12.5. The van der Waals surface area contributed by atoms with Gasteiger partial charge >= 0.3 is 5.97 Å². The molecule has 0 atom stereocenters. The van der Waals surface area contributed by atoms with E-state index in [2.05, 4.69) is 17.0 Å². The van der Waals surface area contributed by atoms with Gasteiger partial charge in [-0.25, -0.2) is 4.79 Å². The van der Waals surface area contributed by atoms with E-state index in [0.717, 1.165) is 32.5 Å². The van der Waals surface area contributed by atoms with Gasteiger partial charge in [-0.1, -0.05) is 30.3 Å². The third-order valence-corrected chi connectivity index (χ3v) is 4.52. The van der Waals surface area contributed by atoms with Crippen molar-refractivity contribution in [3.05, 3.63) is 69.8 Å². The van der Waals surface area contributed by atoms with Crippen LogP contribution in [0.25, 0.3) is 0 Å². The summed E-state index contributed by atoms with van der Waals surface area (Å²) in [6.45, 7) is 2.59. The average Bonchev–Trinajstić information content (AvgIpc) is 2.64. The standard InChI is InChI=1S/C19H21N3O4/c20-18-12-15(22(24)25)6-7-17(18)19(23)26-16-8-10-21(11-9-16)13-14-4-2-1-3-5-14/h1-7,12,16H,8-11,13,20H2. The third-order valence-electron chi connectivity index (χ3n) is 4.52. The number of nitro groups is 1. The van der Waals surface area contributed by atoms with Gasteiger partial charge in [-0.2, -0.15) is 0 Å². The Kier molecular flexibility index (Phi) is 5.48. The zero-order chi connectivity index (χ0) is 18.5. The van der Waals surface area contributed by atoms with Crippen LogP contribution >= 0.6 is 0 Å². The molecule has 2 N–H and O–H groups in total. The summed E-state index contributed by atoms with van der Waals surface area (Å²) in [5.41, 5.74) is 7.11. The lowest BCUT2D eigenvalue weighted by molar-refractivity contribution is -0.384. The van der Waals surface area contributed by atoms with Gasteiger partial charge in [0.15, 0.2) is 0 Å². The summed E-state index contributed by atoms with van der Waals surface area (Å²) in [6, 6.07) is 14.0. The van der Waals surface area contributed by atoms with Gasteiger partial charge in [0, 0.05) is 31.8 Å². The minimum atomic E-state index is -0.548. The SMILES string of the molecule is Nc1cc([N+](=O)[O-])ccc1C(=O)OC1CCN(Cc2ccccc2)CC1. The van der Waals surface area contributed by atoms with E-state index >= 15 is 0 Å². The minimum Gasteiger partial charge on any atom is -0.459 e. The van der Waals surface area contributed by atoms with Gasteiger partial charge < -0.3 is 10.5 Å². The fourth-order valence-corrected chi connectivity index (χ4v) is 3.09. The van der Waals surface area contributed by atoms with E-state index in [9.17, 15) is 14.9 Å². The van der Waals surface area contributed by atoms with E-state index in [0.29, 0.717) is 0 Å². The molecule has 0 aromatic heterocycles. The summed E-state index contributed by atoms with van der Waals surface area (Å²) in [5, 5.41) is 10.7. The Morgan fingerprint density at radius 2 is 1.88 bits per heavy atom. The number of nitrogens with two attached hydrogens (primary N) is 1. The summed E-state index contributed by atoms with van der Waals surface area (Å²) in [6.07, 6.45) is 1.35. The number of esters is 1. The van der Waals surface area contributed by atoms with Crippen molar-refractivity contribution in [3.8, 4) is 0 Å². The van der Waals surface area contributed by atoms with Crippen molar-refractivity contribution in [2.75, 3.05) is 18.8 Å². The number of piperidine rings is 1. The number of nitrogen functional groups attached to an aromatic ring is 1. The van der Waals surface area contributed by atoms with Crippen LogP contribution in [0.4, 0.5) is 11.4 Å². The Hall–Kier alpha value is -2.93. The topological polar surface area (TPSA) is 98.7 Å². The van der Waals surface area contributed by atoms with Gasteiger partial charge in [0.05, 0.1) is 16.2 Å². The van der Waals surface area contributed by atoms with Crippen LogP contribution in [0.15, 0.2) is 48.5 Å². The first-order valence-corrected chi connectivity index (χ1v) is 8.54. The second kappa shape index (κ2) is 7.97. The number of nitro benzene ring substituents is 1. The van der Waals surface area contributed by atoms with Crippen molar-refractivity contribution < 1.29 is 14.5 Å². The minimum absolute atomic E-state index is 0.0608. The van der Waals surface area contributed by atoms with Gasteiger partial charge in [0.25, 0.3) is 5.69 Å². The number of non-ortho nitro benzene ring substituents is 1. The van der Waals surface area contributed by atoms with Gasteiger partial charge in [0.1, 0.15) is 6.10 Å². The number of carbonyl (C=O) groups excluding carboxylic acids is 1. The van der Waals surface area contributed by atoms with Gasteiger partial charge in [-0.05, 0) is 24.5 Å². The van der Waals surface area contributed by atoms with Crippen LogP contribution in [-0.4, -0.2) is 35.0 Å². The van der Waals surface area contributed by atoms with E-state index in [-0.39, 0.29) is 23.0 Å². The Morgan fingerprint density at radius 1 is 1.19 bits per heavy atom. The van der Waals surface area contributed by atoms with Gasteiger partial charge in [-0.15, -0.1) is 0 Å². The first-order valence-electron chi connectivity index (χ1n) is 8.54. The number of likely N-dealkylation sites (tertiary alicyclic amines) is 1. The molecular formula is C19H21N3O4. The summed E-state index contributed by atoms with van der Waals surface area (Å²) < 4.78 is 5.54. The monoisotopic (exact) mass is 355 g/mol. The van der Waals surface area contributed by atoms with E-state index in [1.54, 1.807) is 0 Å². The maximum absolute atomic E-state index is 12.3. The highest BCUT2D eigenvalue weighted by Crippen LogP contribution is 2.23. The highest BCUT2D eigenvalue weighted by Gasteiger charge is 2.24. The lowest BCUT2D eigenvalue weighted by atomic mass is 10.1.